The van der Waals surface area contributed by atoms with Crippen LogP contribution in [0.1, 0.15) is 86.1 Å². The lowest BCUT2D eigenvalue weighted by atomic mass is 10.1. The fourth-order valence-electron chi connectivity index (χ4n) is 8.24. The van der Waals surface area contributed by atoms with E-state index in [1.807, 2.05) is 91.0 Å². The number of unbranched alkanes of at least 4 members (excludes halogenated alkanes) is 7. The number of rotatable bonds is 29. The summed E-state index contributed by atoms with van der Waals surface area (Å²) in [5.41, 5.74) is 5.27. The van der Waals surface area contributed by atoms with E-state index in [2.05, 4.69) is 67.6 Å². The van der Waals surface area contributed by atoms with Crippen LogP contribution in [0.5, 0.6) is 0 Å². The highest BCUT2D eigenvalue weighted by Crippen LogP contribution is 2.36. The molecule has 0 spiro atoms. The monoisotopic (exact) mass is 872 g/mol. The molecule has 5 aromatic carbocycles. The number of ether oxygens (including phenoxy) is 9. The first-order chi connectivity index (χ1) is 31.7. The lowest BCUT2D eigenvalue weighted by Gasteiger charge is -2.30. The van der Waals surface area contributed by atoms with E-state index in [9.17, 15) is 0 Å². The van der Waals surface area contributed by atoms with E-state index in [4.69, 9.17) is 42.6 Å². The molecular formula is C55H68O9. The van der Waals surface area contributed by atoms with Gasteiger partial charge in [0.2, 0.25) is 0 Å². The Morgan fingerprint density at radius 2 is 0.719 bits per heavy atom. The number of hydrogen-bond acceptors (Lipinski definition) is 9. The fraction of sp³-hybridized carbons (Fsp3) is 0.455. The zero-order valence-corrected chi connectivity index (χ0v) is 37.5. The minimum absolute atomic E-state index is 0.267. The van der Waals surface area contributed by atoms with Gasteiger partial charge in [-0.05, 0) is 34.2 Å². The summed E-state index contributed by atoms with van der Waals surface area (Å²) in [5.74, 6) is 0. The second kappa shape index (κ2) is 27.3. The second-order valence-electron chi connectivity index (χ2n) is 16.8. The van der Waals surface area contributed by atoms with Crippen molar-refractivity contribution in [3.63, 3.8) is 0 Å². The predicted octanol–water partition coefficient (Wildman–Crippen LogP) is 11.2. The Labute approximate surface area is 381 Å². The van der Waals surface area contributed by atoms with Gasteiger partial charge in [0.05, 0.1) is 46.2 Å². The van der Waals surface area contributed by atoms with Crippen molar-refractivity contribution >= 4 is 0 Å². The highest BCUT2D eigenvalue weighted by atomic mass is 16.8. The van der Waals surface area contributed by atoms with Gasteiger partial charge in [-0.1, -0.05) is 204 Å². The molecule has 9 heteroatoms. The maximum absolute atomic E-state index is 7.18. The van der Waals surface area contributed by atoms with Crippen LogP contribution < -0.4 is 0 Å². The molecular weight excluding hydrogens is 805 g/mol. The summed E-state index contributed by atoms with van der Waals surface area (Å²) >= 11 is 0. The molecule has 342 valence electrons. The van der Waals surface area contributed by atoms with Crippen molar-refractivity contribution in [1.29, 1.82) is 0 Å². The van der Waals surface area contributed by atoms with E-state index in [1.165, 1.54) is 38.5 Å². The molecule has 2 heterocycles. The van der Waals surface area contributed by atoms with Gasteiger partial charge in [0.15, 0.2) is 12.6 Å². The summed E-state index contributed by atoms with van der Waals surface area (Å²) in [7, 11) is 0. The van der Waals surface area contributed by atoms with Crippen LogP contribution in [0.4, 0.5) is 0 Å². The summed E-state index contributed by atoms with van der Waals surface area (Å²) in [6.45, 7) is 5.25. The maximum Gasteiger partial charge on any atom is 0.187 e. The Morgan fingerprint density at radius 1 is 0.359 bits per heavy atom. The zero-order chi connectivity index (χ0) is 43.9. The molecule has 8 atom stereocenters. The van der Waals surface area contributed by atoms with Gasteiger partial charge in [0, 0.05) is 6.61 Å². The molecule has 0 unspecified atom stereocenters. The maximum atomic E-state index is 7.18. The molecule has 0 saturated carbocycles. The second-order valence-corrected chi connectivity index (χ2v) is 16.8. The third-order valence-corrected chi connectivity index (χ3v) is 11.7. The average Bonchev–Trinajstić information content (AvgIpc) is 3.85. The zero-order valence-electron chi connectivity index (χ0n) is 37.5. The molecule has 2 aliphatic heterocycles. The molecule has 0 aliphatic carbocycles. The van der Waals surface area contributed by atoms with Gasteiger partial charge >= 0.3 is 0 Å². The molecule has 5 aromatic rings. The lowest BCUT2D eigenvalue weighted by molar-refractivity contribution is -0.255. The van der Waals surface area contributed by atoms with Gasteiger partial charge in [-0.15, -0.1) is 0 Å². The van der Waals surface area contributed by atoms with Gasteiger partial charge in [-0.2, -0.15) is 0 Å². The van der Waals surface area contributed by atoms with E-state index >= 15 is 0 Å². The molecule has 0 aromatic heterocycles. The largest absolute Gasteiger partial charge is 0.374 e. The minimum Gasteiger partial charge on any atom is -0.374 e. The quantitative estimate of drug-likeness (QED) is 0.0436. The normalized spacial score (nSPS) is 23.1. The molecule has 0 radical (unpaired) electrons. The third-order valence-electron chi connectivity index (χ3n) is 11.7. The Balaban J connectivity index is 1.13. The smallest absolute Gasteiger partial charge is 0.187 e. The van der Waals surface area contributed by atoms with Crippen LogP contribution in [0.15, 0.2) is 152 Å². The van der Waals surface area contributed by atoms with E-state index in [-0.39, 0.29) is 13.2 Å². The number of hydrogen-bond donors (Lipinski definition) is 0. The van der Waals surface area contributed by atoms with Gasteiger partial charge < -0.3 is 42.6 Å². The third kappa shape index (κ3) is 15.4. The van der Waals surface area contributed by atoms with Gasteiger partial charge in [0.1, 0.15) is 36.6 Å². The first-order valence-corrected chi connectivity index (χ1v) is 23.5. The Hall–Kier alpha value is -4.26. The van der Waals surface area contributed by atoms with Crippen LogP contribution in [0, 0.1) is 0 Å². The summed E-state index contributed by atoms with van der Waals surface area (Å²) in [6, 6.07) is 50.8. The first kappa shape index (κ1) is 47.7. The number of benzene rings is 5. The van der Waals surface area contributed by atoms with Crippen LogP contribution in [-0.2, 0) is 75.7 Å². The predicted molar refractivity (Wildman–Crippen MR) is 248 cm³/mol. The molecule has 2 aliphatic rings. The van der Waals surface area contributed by atoms with Crippen LogP contribution in [0.25, 0.3) is 0 Å². The van der Waals surface area contributed by atoms with Gasteiger partial charge in [-0.3, -0.25) is 0 Å². The van der Waals surface area contributed by atoms with Gasteiger partial charge in [0.25, 0.3) is 0 Å². The molecule has 0 N–H and O–H groups in total. The van der Waals surface area contributed by atoms with E-state index in [1.54, 1.807) is 0 Å². The van der Waals surface area contributed by atoms with Crippen molar-refractivity contribution in [2.75, 3.05) is 19.8 Å². The van der Waals surface area contributed by atoms with Crippen LogP contribution in [0.3, 0.4) is 0 Å². The molecule has 0 bridgehead atoms. The molecule has 0 amide bonds. The molecule has 9 nitrogen and oxygen atoms in total. The molecule has 64 heavy (non-hydrogen) atoms. The van der Waals surface area contributed by atoms with Crippen LogP contribution in [0.2, 0.25) is 0 Å². The van der Waals surface area contributed by atoms with Crippen LogP contribution in [-0.4, -0.2) is 69.0 Å². The highest BCUT2D eigenvalue weighted by molar-refractivity contribution is 5.17. The van der Waals surface area contributed by atoms with Gasteiger partial charge in [-0.25, -0.2) is 0 Å². The lowest BCUT2D eigenvalue weighted by Crippen LogP contribution is -2.46. The van der Waals surface area contributed by atoms with E-state index in [0.717, 1.165) is 40.7 Å². The highest BCUT2D eigenvalue weighted by Gasteiger charge is 2.53. The first-order valence-electron chi connectivity index (χ1n) is 23.5. The average molecular weight is 873 g/mol. The minimum atomic E-state index is -0.871. The summed E-state index contributed by atoms with van der Waals surface area (Å²) in [5, 5.41) is 0. The SMILES string of the molecule is CCCCCCCCCCO[C@H]1O[C@H](COCc2ccccc2)[C@@H](OCc2ccccc2)[C@@H]1O[C@H]1O[C@H](COCc2ccccc2)[C@@H](OCc2ccccc2)[C@@H]1OCc1ccccc1. The van der Waals surface area contributed by atoms with Crippen molar-refractivity contribution in [2.45, 2.75) is 141 Å². The Morgan fingerprint density at radius 3 is 1.16 bits per heavy atom. The van der Waals surface area contributed by atoms with Crippen molar-refractivity contribution < 1.29 is 42.6 Å². The summed E-state index contributed by atoms with van der Waals surface area (Å²) < 4.78 is 60.6. The standard InChI is InChI=1S/C55H68O9/c1-2-3-4-5-6-7-8-24-35-58-54-53(51(60-39-46-31-20-12-21-32-46)49(62-54)42-57-37-44-27-16-10-17-28-44)64-55-52(61-40-47-33-22-13-23-34-47)50(59-38-45-29-18-11-19-30-45)48(63-55)41-56-36-43-25-14-9-15-26-43/h9-23,25-34,48-55H,2-8,24,35-42H2,1H3/t48-,49-,50-,51-,52+,53+,54+,55-/m1/s1. The van der Waals surface area contributed by atoms with E-state index < -0.39 is 49.2 Å². The molecule has 7 rings (SSSR count). The summed E-state index contributed by atoms with van der Waals surface area (Å²) in [4.78, 5) is 0. The topological polar surface area (TPSA) is 83.1 Å². The molecule has 2 saturated heterocycles. The van der Waals surface area contributed by atoms with Crippen molar-refractivity contribution in [3.05, 3.63) is 179 Å². The Kier molecular flexibility index (Phi) is 20.3. The Bertz CT molecular complexity index is 1940. The fourth-order valence-corrected chi connectivity index (χ4v) is 8.24. The van der Waals surface area contributed by atoms with Crippen molar-refractivity contribution in [3.8, 4) is 0 Å². The van der Waals surface area contributed by atoms with Crippen LogP contribution >= 0.6 is 0 Å². The van der Waals surface area contributed by atoms with E-state index in [0.29, 0.717) is 39.6 Å². The summed E-state index contributed by atoms with van der Waals surface area (Å²) in [6.07, 6.45) is 4.57. The molecule has 2 fully saturated rings. The van der Waals surface area contributed by atoms with Crippen molar-refractivity contribution in [2.24, 2.45) is 0 Å². The van der Waals surface area contributed by atoms with Crippen molar-refractivity contribution in [1.82, 2.24) is 0 Å².